The Morgan fingerprint density at radius 1 is 1.15 bits per heavy atom. The van der Waals surface area contributed by atoms with E-state index in [4.69, 9.17) is 0 Å². The molecule has 3 N–H and O–H groups in total. The minimum atomic E-state index is -0.0915. The predicted octanol–water partition coefficient (Wildman–Crippen LogP) is 2.91. The van der Waals surface area contributed by atoms with Gasteiger partial charge >= 0.3 is 0 Å². The number of phenols is 1. The van der Waals surface area contributed by atoms with Crippen LogP contribution in [-0.2, 0) is 6.42 Å². The Balaban J connectivity index is 1.61. The monoisotopic (exact) mass is 275 g/mol. The van der Waals surface area contributed by atoms with E-state index >= 15 is 0 Å². The van der Waals surface area contributed by atoms with Gasteiger partial charge in [-0.2, -0.15) is 0 Å². The summed E-state index contributed by atoms with van der Waals surface area (Å²) in [7, 11) is 0. The van der Waals surface area contributed by atoms with Crippen molar-refractivity contribution in [3.63, 3.8) is 0 Å². The first-order valence-corrected chi connectivity index (χ1v) is 7.95. The van der Waals surface area contributed by atoms with Crippen molar-refractivity contribution in [1.29, 1.82) is 0 Å². The number of nitrogens with one attached hydrogen (secondary N) is 1. The quantitative estimate of drug-likeness (QED) is 0.795. The van der Waals surface area contributed by atoms with Crippen LogP contribution in [-0.4, -0.2) is 22.9 Å². The number of aromatic hydroxyl groups is 1. The third kappa shape index (κ3) is 3.15. The van der Waals surface area contributed by atoms with E-state index in [-0.39, 0.29) is 6.10 Å². The van der Waals surface area contributed by atoms with E-state index in [1.165, 1.54) is 30.4 Å². The summed E-state index contributed by atoms with van der Waals surface area (Å²) in [6.45, 7) is 1.00. The number of hydrogen-bond acceptors (Lipinski definition) is 3. The molecule has 3 nitrogen and oxygen atoms in total. The maximum Gasteiger partial charge on any atom is 0.115 e. The molecule has 2 aliphatic carbocycles. The summed E-state index contributed by atoms with van der Waals surface area (Å²) in [4.78, 5) is 0. The molecule has 0 saturated heterocycles. The van der Waals surface area contributed by atoms with Crippen molar-refractivity contribution in [2.24, 2.45) is 5.92 Å². The third-order valence-electron chi connectivity index (χ3n) is 4.85. The molecule has 3 rings (SSSR count). The molecule has 0 spiro atoms. The average Bonchev–Trinajstić information content (AvgIpc) is 2.44. The third-order valence-corrected chi connectivity index (χ3v) is 4.85. The molecule has 3 unspecified atom stereocenters. The van der Waals surface area contributed by atoms with Crippen LogP contribution in [0, 0.1) is 5.92 Å². The molecule has 0 radical (unpaired) electrons. The predicted molar refractivity (Wildman–Crippen MR) is 79.8 cm³/mol. The molecule has 0 aliphatic heterocycles. The van der Waals surface area contributed by atoms with Gasteiger partial charge in [0.05, 0.1) is 6.10 Å². The molecule has 110 valence electrons. The second-order valence-electron chi connectivity index (χ2n) is 6.42. The SMILES string of the molecule is Oc1ccc2c(c1)CCCC2NCC1CCCC(O)C1. The van der Waals surface area contributed by atoms with Gasteiger partial charge < -0.3 is 15.5 Å². The number of hydrogen-bond donors (Lipinski definition) is 3. The van der Waals surface area contributed by atoms with E-state index in [1.807, 2.05) is 6.07 Å². The Hall–Kier alpha value is -1.06. The smallest absolute Gasteiger partial charge is 0.115 e. The largest absolute Gasteiger partial charge is 0.508 e. The average molecular weight is 275 g/mol. The van der Waals surface area contributed by atoms with Crippen molar-refractivity contribution in [3.8, 4) is 5.75 Å². The van der Waals surface area contributed by atoms with Gasteiger partial charge in [0.2, 0.25) is 0 Å². The normalized spacial score (nSPS) is 29.9. The van der Waals surface area contributed by atoms with Gasteiger partial charge in [-0.1, -0.05) is 12.5 Å². The van der Waals surface area contributed by atoms with Crippen LogP contribution in [0.3, 0.4) is 0 Å². The van der Waals surface area contributed by atoms with E-state index in [2.05, 4.69) is 11.4 Å². The number of benzene rings is 1. The molecule has 1 fully saturated rings. The number of fused-ring (bicyclic) bond motifs is 1. The van der Waals surface area contributed by atoms with E-state index < -0.39 is 0 Å². The van der Waals surface area contributed by atoms with Crippen LogP contribution in [0.15, 0.2) is 18.2 Å². The molecular formula is C17H25NO2. The van der Waals surface area contributed by atoms with E-state index in [0.717, 1.165) is 32.2 Å². The Kier molecular flexibility index (Phi) is 4.27. The number of phenolic OH excluding ortho intramolecular Hbond substituents is 1. The zero-order valence-electron chi connectivity index (χ0n) is 12.0. The molecule has 1 aromatic rings. The highest BCUT2D eigenvalue weighted by atomic mass is 16.3. The van der Waals surface area contributed by atoms with Crippen LogP contribution < -0.4 is 5.32 Å². The van der Waals surface area contributed by atoms with Crippen LogP contribution in [0.4, 0.5) is 0 Å². The van der Waals surface area contributed by atoms with Gasteiger partial charge in [0.25, 0.3) is 0 Å². The summed E-state index contributed by atoms with van der Waals surface area (Å²) < 4.78 is 0. The number of aryl methyl sites for hydroxylation is 1. The lowest BCUT2D eigenvalue weighted by Gasteiger charge is -2.31. The minimum absolute atomic E-state index is 0.0915. The van der Waals surface area contributed by atoms with Crippen molar-refractivity contribution in [1.82, 2.24) is 5.32 Å². The summed E-state index contributed by atoms with van der Waals surface area (Å²) in [6.07, 6.45) is 7.65. The Morgan fingerprint density at radius 2 is 2.05 bits per heavy atom. The Bertz CT molecular complexity index is 460. The lowest BCUT2D eigenvalue weighted by molar-refractivity contribution is 0.0993. The first-order valence-electron chi connectivity index (χ1n) is 7.95. The second-order valence-corrected chi connectivity index (χ2v) is 6.42. The number of rotatable bonds is 3. The van der Waals surface area contributed by atoms with Gasteiger partial charge in [-0.3, -0.25) is 0 Å². The van der Waals surface area contributed by atoms with Crippen LogP contribution in [0.2, 0.25) is 0 Å². The van der Waals surface area contributed by atoms with Gasteiger partial charge in [0.1, 0.15) is 5.75 Å². The number of aliphatic hydroxyl groups excluding tert-OH is 1. The van der Waals surface area contributed by atoms with Crippen LogP contribution in [0.5, 0.6) is 5.75 Å². The highest BCUT2D eigenvalue weighted by Gasteiger charge is 2.24. The van der Waals surface area contributed by atoms with Crippen molar-refractivity contribution in [3.05, 3.63) is 29.3 Å². The van der Waals surface area contributed by atoms with Crippen LogP contribution in [0.25, 0.3) is 0 Å². The molecule has 3 atom stereocenters. The molecule has 0 aromatic heterocycles. The highest BCUT2D eigenvalue weighted by molar-refractivity contribution is 5.38. The van der Waals surface area contributed by atoms with Gasteiger partial charge in [-0.05, 0) is 74.2 Å². The molecule has 0 bridgehead atoms. The summed E-state index contributed by atoms with van der Waals surface area (Å²) >= 11 is 0. The van der Waals surface area contributed by atoms with E-state index in [0.29, 0.717) is 17.7 Å². The highest BCUT2D eigenvalue weighted by Crippen LogP contribution is 2.32. The second kappa shape index (κ2) is 6.15. The summed E-state index contributed by atoms with van der Waals surface area (Å²) in [6, 6.07) is 6.19. The maximum atomic E-state index is 9.75. The molecule has 1 saturated carbocycles. The lowest BCUT2D eigenvalue weighted by atomic mass is 9.85. The van der Waals surface area contributed by atoms with E-state index in [1.54, 1.807) is 6.07 Å². The van der Waals surface area contributed by atoms with Crippen LogP contribution in [0.1, 0.15) is 55.7 Å². The molecule has 0 heterocycles. The van der Waals surface area contributed by atoms with Crippen molar-refractivity contribution in [2.45, 2.75) is 57.1 Å². The van der Waals surface area contributed by atoms with Crippen LogP contribution >= 0.6 is 0 Å². The van der Waals surface area contributed by atoms with Gasteiger partial charge in [-0.25, -0.2) is 0 Å². The fourth-order valence-corrected chi connectivity index (χ4v) is 3.77. The minimum Gasteiger partial charge on any atom is -0.508 e. The Labute approximate surface area is 121 Å². The van der Waals surface area contributed by atoms with Crippen molar-refractivity contribution < 1.29 is 10.2 Å². The summed E-state index contributed by atoms with van der Waals surface area (Å²) in [5.41, 5.74) is 2.64. The van der Waals surface area contributed by atoms with Crippen molar-refractivity contribution in [2.75, 3.05) is 6.54 Å². The number of aliphatic hydroxyl groups is 1. The molecule has 1 aromatic carbocycles. The molecule has 3 heteroatoms. The zero-order chi connectivity index (χ0) is 13.9. The molecular weight excluding hydrogens is 250 g/mol. The summed E-state index contributed by atoms with van der Waals surface area (Å²) in [5.74, 6) is 0.987. The molecule has 0 amide bonds. The zero-order valence-corrected chi connectivity index (χ0v) is 12.0. The summed E-state index contributed by atoms with van der Waals surface area (Å²) in [5, 5.41) is 23.0. The van der Waals surface area contributed by atoms with Gasteiger partial charge in [0, 0.05) is 6.04 Å². The van der Waals surface area contributed by atoms with Gasteiger partial charge in [0.15, 0.2) is 0 Å². The fraction of sp³-hybridized carbons (Fsp3) is 0.647. The first kappa shape index (κ1) is 13.9. The first-order chi connectivity index (χ1) is 9.72. The van der Waals surface area contributed by atoms with Gasteiger partial charge in [-0.15, -0.1) is 0 Å². The fourth-order valence-electron chi connectivity index (χ4n) is 3.77. The topological polar surface area (TPSA) is 52.5 Å². The lowest BCUT2D eigenvalue weighted by Crippen LogP contribution is -2.33. The van der Waals surface area contributed by atoms with E-state index in [9.17, 15) is 10.2 Å². The Morgan fingerprint density at radius 3 is 2.90 bits per heavy atom. The molecule has 20 heavy (non-hydrogen) atoms. The van der Waals surface area contributed by atoms with Crippen molar-refractivity contribution >= 4 is 0 Å². The molecule has 2 aliphatic rings. The standard InChI is InChI=1S/C17H25NO2/c19-14-5-1-3-12(9-14)11-18-17-6-2-4-13-10-15(20)7-8-16(13)17/h7-8,10,12,14,17-20H,1-6,9,11H2. The maximum absolute atomic E-state index is 9.75.